The average Bonchev–Trinajstić information content (AvgIpc) is 2.49. The van der Waals surface area contributed by atoms with Gasteiger partial charge in [-0.15, -0.1) is 0 Å². The van der Waals surface area contributed by atoms with Crippen LogP contribution in [-0.4, -0.2) is 58.4 Å². The fourth-order valence-corrected chi connectivity index (χ4v) is 3.29. The SMILES string of the molecule is OC1(CN2CCC[C@@H](c3cnccn3)C2)CCOCC1. The number of piperidine rings is 1. The van der Waals surface area contributed by atoms with Crippen LogP contribution in [0.2, 0.25) is 0 Å². The van der Waals surface area contributed by atoms with E-state index in [1.165, 1.54) is 0 Å². The van der Waals surface area contributed by atoms with Crippen molar-refractivity contribution < 1.29 is 9.84 Å². The van der Waals surface area contributed by atoms with Crippen molar-refractivity contribution in [2.45, 2.75) is 37.2 Å². The summed E-state index contributed by atoms with van der Waals surface area (Å²) in [6.07, 6.45) is 9.18. The van der Waals surface area contributed by atoms with Crippen molar-refractivity contribution in [2.24, 2.45) is 0 Å². The van der Waals surface area contributed by atoms with Crippen LogP contribution in [0.25, 0.3) is 0 Å². The first-order valence-corrected chi connectivity index (χ1v) is 7.54. The fourth-order valence-electron chi connectivity index (χ4n) is 3.29. The van der Waals surface area contributed by atoms with Crippen LogP contribution in [0.5, 0.6) is 0 Å². The van der Waals surface area contributed by atoms with Gasteiger partial charge in [0.25, 0.3) is 0 Å². The van der Waals surface area contributed by atoms with Crippen LogP contribution in [0.15, 0.2) is 18.6 Å². The summed E-state index contributed by atoms with van der Waals surface area (Å²) in [6.45, 7) is 4.16. The highest BCUT2D eigenvalue weighted by Gasteiger charge is 2.34. The van der Waals surface area contributed by atoms with Gasteiger partial charge in [-0.25, -0.2) is 0 Å². The number of nitrogens with zero attached hydrogens (tertiary/aromatic N) is 3. The number of aliphatic hydroxyl groups is 1. The Morgan fingerprint density at radius 2 is 2.20 bits per heavy atom. The molecule has 0 aliphatic carbocycles. The molecule has 2 aliphatic rings. The molecule has 0 spiro atoms. The molecular weight excluding hydrogens is 254 g/mol. The van der Waals surface area contributed by atoms with E-state index in [1.807, 2.05) is 6.20 Å². The minimum atomic E-state index is -0.567. The van der Waals surface area contributed by atoms with Crippen LogP contribution in [0.3, 0.4) is 0 Å². The second-order valence-corrected chi connectivity index (χ2v) is 6.04. The number of hydrogen-bond acceptors (Lipinski definition) is 5. The molecule has 0 aromatic carbocycles. The lowest BCUT2D eigenvalue weighted by Crippen LogP contribution is -2.49. The maximum atomic E-state index is 10.6. The first-order valence-electron chi connectivity index (χ1n) is 7.54. The van der Waals surface area contributed by atoms with E-state index in [0.717, 1.165) is 51.0 Å². The molecule has 0 saturated carbocycles. The summed E-state index contributed by atoms with van der Waals surface area (Å²) in [7, 11) is 0. The highest BCUT2D eigenvalue weighted by atomic mass is 16.5. The normalized spacial score (nSPS) is 27.4. The number of β-amino-alcohol motifs (C(OH)–C–C–N with tert-alkyl or cyclic N) is 1. The van der Waals surface area contributed by atoms with Gasteiger partial charge in [0.15, 0.2) is 0 Å². The molecule has 2 aliphatic heterocycles. The molecular formula is C15H23N3O2. The van der Waals surface area contributed by atoms with Gasteiger partial charge in [-0.3, -0.25) is 14.9 Å². The Kier molecular flexibility index (Phi) is 4.29. The Morgan fingerprint density at radius 3 is 2.95 bits per heavy atom. The van der Waals surface area contributed by atoms with E-state index in [9.17, 15) is 5.11 Å². The Morgan fingerprint density at radius 1 is 1.35 bits per heavy atom. The molecule has 1 atom stereocenters. The van der Waals surface area contributed by atoms with Gasteiger partial charge in [-0.1, -0.05) is 0 Å². The average molecular weight is 277 g/mol. The molecule has 5 nitrogen and oxygen atoms in total. The Labute approximate surface area is 120 Å². The number of likely N-dealkylation sites (tertiary alicyclic amines) is 1. The van der Waals surface area contributed by atoms with Crippen LogP contribution in [-0.2, 0) is 4.74 Å². The van der Waals surface area contributed by atoms with Gasteiger partial charge in [0.1, 0.15) is 0 Å². The van der Waals surface area contributed by atoms with Gasteiger partial charge < -0.3 is 9.84 Å². The van der Waals surface area contributed by atoms with Crippen molar-refractivity contribution in [1.82, 2.24) is 14.9 Å². The van der Waals surface area contributed by atoms with Crippen LogP contribution in [0.1, 0.15) is 37.3 Å². The van der Waals surface area contributed by atoms with Crippen molar-refractivity contribution in [2.75, 3.05) is 32.8 Å². The molecule has 3 rings (SSSR count). The van der Waals surface area contributed by atoms with Gasteiger partial charge >= 0.3 is 0 Å². The molecule has 0 radical (unpaired) electrons. The van der Waals surface area contributed by atoms with Crippen LogP contribution < -0.4 is 0 Å². The molecule has 0 bridgehead atoms. The van der Waals surface area contributed by atoms with Crippen molar-refractivity contribution >= 4 is 0 Å². The highest BCUT2D eigenvalue weighted by Crippen LogP contribution is 2.28. The molecule has 1 N–H and O–H groups in total. The standard InChI is InChI=1S/C15H23N3O2/c19-15(3-8-20-9-4-15)12-18-7-1-2-13(11-18)14-10-16-5-6-17-14/h5-6,10,13,19H,1-4,7-9,11-12H2/t13-/m1/s1. The largest absolute Gasteiger partial charge is 0.388 e. The monoisotopic (exact) mass is 277 g/mol. The first kappa shape index (κ1) is 13.9. The van der Waals surface area contributed by atoms with E-state index in [1.54, 1.807) is 12.4 Å². The number of ether oxygens (including phenoxy) is 1. The fraction of sp³-hybridized carbons (Fsp3) is 0.733. The zero-order valence-corrected chi connectivity index (χ0v) is 11.9. The molecule has 0 unspecified atom stereocenters. The highest BCUT2D eigenvalue weighted by molar-refractivity contribution is 5.06. The molecule has 20 heavy (non-hydrogen) atoms. The van der Waals surface area contributed by atoms with E-state index in [4.69, 9.17) is 4.74 Å². The lowest BCUT2D eigenvalue weighted by molar-refractivity contribution is -0.0824. The minimum Gasteiger partial charge on any atom is -0.388 e. The third-order valence-corrected chi connectivity index (χ3v) is 4.45. The van der Waals surface area contributed by atoms with Gasteiger partial charge in [0.05, 0.1) is 11.3 Å². The summed E-state index contributed by atoms with van der Waals surface area (Å²) in [5.41, 5.74) is 0.513. The molecule has 0 amide bonds. The number of rotatable bonds is 3. The third kappa shape index (κ3) is 3.34. The van der Waals surface area contributed by atoms with E-state index < -0.39 is 5.60 Å². The summed E-state index contributed by atoms with van der Waals surface area (Å²) in [5.74, 6) is 0.445. The molecule has 1 aromatic heterocycles. The van der Waals surface area contributed by atoms with Gasteiger partial charge in [-0.2, -0.15) is 0 Å². The second kappa shape index (κ2) is 6.16. The summed E-state index contributed by atoms with van der Waals surface area (Å²) >= 11 is 0. The van der Waals surface area contributed by atoms with Gasteiger partial charge in [-0.05, 0) is 19.4 Å². The Balaban J connectivity index is 1.60. The van der Waals surface area contributed by atoms with Crippen molar-refractivity contribution in [3.63, 3.8) is 0 Å². The molecule has 5 heteroatoms. The predicted molar refractivity (Wildman–Crippen MR) is 75.4 cm³/mol. The van der Waals surface area contributed by atoms with Gasteiger partial charge in [0.2, 0.25) is 0 Å². The third-order valence-electron chi connectivity index (χ3n) is 4.45. The summed E-state index contributed by atoms with van der Waals surface area (Å²) in [4.78, 5) is 11.0. The summed E-state index contributed by atoms with van der Waals surface area (Å²) < 4.78 is 5.35. The van der Waals surface area contributed by atoms with Crippen LogP contribution in [0.4, 0.5) is 0 Å². The zero-order chi connectivity index (χ0) is 13.8. The number of hydrogen-bond donors (Lipinski definition) is 1. The maximum Gasteiger partial charge on any atom is 0.0817 e. The quantitative estimate of drug-likeness (QED) is 0.899. The van der Waals surface area contributed by atoms with E-state index in [2.05, 4.69) is 14.9 Å². The van der Waals surface area contributed by atoms with Crippen molar-refractivity contribution in [3.05, 3.63) is 24.3 Å². The van der Waals surface area contributed by atoms with Crippen molar-refractivity contribution in [3.8, 4) is 0 Å². The smallest absolute Gasteiger partial charge is 0.0817 e. The summed E-state index contributed by atoms with van der Waals surface area (Å²) in [6, 6.07) is 0. The molecule has 2 saturated heterocycles. The Bertz CT molecular complexity index is 420. The zero-order valence-electron chi connectivity index (χ0n) is 11.9. The molecule has 3 heterocycles. The Hall–Kier alpha value is -1.04. The van der Waals surface area contributed by atoms with Gasteiger partial charge in [0, 0.05) is 63.7 Å². The van der Waals surface area contributed by atoms with Crippen LogP contribution in [0, 0.1) is 0 Å². The van der Waals surface area contributed by atoms with E-state index in [-0.39, 0.29) is 0 Å². The minimum absolute atomic E-state index is 0.445. The molecule has 2 fully saturated rings. The molecule has 110 valence electrons. The van der Waals surface area contributed by atoms with E-state index >= 15 is 0 Å². The lowest BCUT2D eigenvalue weighted by atomic mass is 9.90. The lowest BCUT2D eigenvalue weighted by Gasteiger charge is -2.40. The maximum absolute atomic E-state index is 10.6. The topological polar surface area (TPSA) is 58.5 Å². The molecule has 1 aromatic rings. The van der Waals surface area contributed by atoms with Crippen molar-refractivity contribution in [1.29, 1.82) is 0 Å². The van der Waals surface area contributed by atoms with Crippen LogP contribution >= 0.6 is 0 Å². The predicted octanol–water partition coefficient (Wildman–Crippen LogP) is 1.20. The summed E-state index contributed by atoms with van der Waals surface area (Å²) in [5, 5.41) is 10.6. The first-order chi connectivity index (χ1) is 9.75. The second-order valence-electron chi connectivity index (χ2n) is 6.04. The number of aromatic nitrogens is 2. The van der Waals surface area contributed by atoms with E-state index in [0.29, 0.717) is 19.1 Å².